The molecule has 192 valence electrons. The summed E-state index contributed by atoms with van der Waals surface area (Å²) in [6.07, 6.45) is 3.15. The average Bonchev–Trinajstić information content (AvgIpc) is 2.86. The Morgan fingerprint density at radius 3 is 2.34 bits per heavy atom. The van der Waals surface area contributed by atoms with Crippen LogP contribution < -0.4 is 14.2 Å². The van der Waals surface area contributed by atoms with E-state index in [-0.39, 0.29) is 6.42 Å². The Morgan fingerprint density at radius 2 is 1.69 bits per heavy atom. The standard InChI is InChI=1S/C27H37NO7/c1-4-6-7-8-16-28(27(31)35-24-11-9-10-23(20-24)32-3)17-18-34-22-14-12-21(13-15-22)19-25(26(29)30)33-5-2/h9-15,20,25H,4-8,16-19H2,1-3H3,(H,29,30). The molecule has 0 aliphatic carbocycles. The van der Waals surface area contributed by atoms with Gasteiger partial charge in [0.15, 0.2) is 6.10 Å². The van der Waals surface area contributed by atoms with Crippen molar-refractivity contribution in [2.75, 3.05) is 33.4 Å². The minimum Gasteiger partial charge on any atom is -0.497 e. The second-order valence-corrected chi connectivity index (χ2v) is 8.07. The van der Waals surface area contributed by atoms with Crippen LogP contribution >= 0.6 is 0 Å². The van der Waals surface area contributed by atoms with Gasteiger partial charge in [-0.1, -0.05) is 44.4 Å². The van der Waals surface area contributed by atoms with Crippen LogP contribution in [-0.2, 0) is 16.0 Å². The molecular weight excluding hydrogens is 450 g/mol. The number of ether oxygens (including phenoxy) is 4. The van der Waals surface area contributed by atoms with E-state index in [4.69, 9.17) is 18.9 Å². The van der Waals surface area contributed by atoms with E-state index in [0.29, 0.717) is 43.6 Å². The Kier molecular flexibility index (Phi) is 12.5. The highest BCUT2D eigenvalue weighted by molar-refractivity contribution is 5.72. The third-order valence-corrected chi connectivity index (χ3v) is 5.40. The molecule has 0 saturated carbocycles. The second-order valence-electron chi connectivity index (χ2n) is 8.07. The van der Waals surface area contributed by atoms with Gasteiger partial charge < -0.3 is 29.0 Å². The van der Waals surface area contributed by atoms with Crippen LogP contribution in [0.15, 0.2) is 48.5 Å². The van der Waals surface area contributed by atoms with Crippen LogP contribution in [0.3, 0.4) is 0 Å². The minimum atomic E-state index is -0.980. The Balaban J connectivity index is 1.92. The predicted octanol–water partition coefficient (Wildman–Crippen LogP) is 5.19. The highest BCUT2D eigenvalue weighted by Crippen LogP contribution is 2.20. The van der Waals surface area contributed by atoms with Crippen molar-refractivity contribution in [2.45, 2.75) is 52.1 Å². The monoisotopic (exact) mass is 487 g/mol. The van der Waals surface area contributed by atoms with Gasteiger partial charge in [-0.05, 0) is 43.2 Å². The fourth-order valence-electron chi connectivity index (χ4n) is 3.48. The van der Waals surface area contributed by atoms with Gasteiger partial charge in [-0.2, -0.15) is 0 Å². The number of aliphatic carboxylic acids is 1. The molecule has 1 N–H and O–H groups in total. The first-order valence-electron chi connectivity index (χ1n) is 12.1. The van der Waals surface area contributed by atoms with E-state index in [1.807, 2.05) is 12.1 Å². The summed E-state index contributed by atoms with van der Waals surface area (Å²) >= 11 is 0. The maximum Gasteiger partial charge on any atom is 0.415 e. The lowest BCUT2D eigenvalue weighted by molar-refractivity contribution is -0.149. The van der Waals surface area contributed by atoms with Crippen LogP contribution in [0.2, 0.25) is 0 Å². The minimum absolute atomic E-state index is 0.283. The molecule has 0 heterocycles. The van der Waals surface area contributed by atoms with Crippen molar-refractivity contribution >= 4 is 12.1 Å². The summed E-state index contributed by atoms with van der Waals surface area (Å²) in [5.74, 6) is 0.708. The molecule has 0 saturated heterocycles. The number of hydrogen-bond acceptors (Lipinski definition) is 6. The zero-order valence-electron chi connectivity index (χ0n) is 20.9. The molecule has 35 heavy (non-hydrogen) atoms. The van der Waals surface area contributed by atoms with Crippen molar-refractivity contribution in [1.82, 2.24) is 4.90 Å². The molecule has 0 aliphatic rings. The molecule has 0 aromatic heterocycles. The maximum atomic E-state index is 12.8. The molecule has 8 heteroatoms. The van der Waals surface area contributed by atoms with Crippen molar-refractivity contribution in [3.63, 3.8) is 0 Å². The number of unbranched alkanes of at least 4 members (excludes halogenated alkanes) is 3. The number of nitrogens with zero attached hydrogens (tertiary/aromatic N) is 1. The SMILES string of the molecule is CCCCCCN(CCOc1ccc(CC(OCC)C(=O)O)cc1)C(=O)Oc1cccc(OC)c1. The lowest BCUT2D eigenvalue weighted by atomic mass is 10.1. The maximum absolute atomic E-state index is 12.8. The molecular formula is C27H37NO7. The van der Waals surface area contributed by atoms with Crippen LogP contribution in [0.1, 0.15) is 45.1 Å². The quantitative estimate of drug-likeness (QED) is 0.326. The summed E-state index contributed by atoms with van der Waals surface area (Å²) in [4.78, 5) is 25.8. The van der Waals surface area contributed by atoms with Crippen LogP contribution in [-0.4, -0.2) is 61.6 Å². The number of carbonyl (C=O) groups is 2. The number of amides is 1. The molecule has 0 radical (unpaired) electrons. The molecule has 8 nitrogen and oxygen atoms in total. The number of methoxy groups -OCH3 is 1. The van der Waals surface area contributed by atoms with E-state index in [1.54, 1.807) is 55.3 Å². The number of carbonyl (C=O) groups excluding carboxylic acids is 1. The Hall–Kier alpha value is -3.26. The molecule has 0 fully saturated rings. The molecule has 2 aromatic rings. The highest BCUT2D eigenvalue weighted by atomic mass is 16.6. The van der Waals surface area contributed by atoms with Gasteiger partial charge in [0.2, 0.25) is 0 Å². The molecule has 0 bridgehead atoms. The topological polar surface area (TPSA) is 94.5 Å². The molecule has 2 rings (SSSR count). The number of rotatable bonds is 16. The van der Waals surface area contributed by atoms with Crippen LogP contribution in [0, 0.1) is 0 Å². The fraction of sp³-hybridized carbons (Fsp3) is 0.481. The van der Waals surface area contributed by atoms with E-state index in [1.165, 1.54) is 0 Å². The molecule has 1 atom stereocenters. The van der Waals surface area contributed by atoms with Crippen LogP contribution in [0.4, 0.5) is 4.79 Å². The highest BCUT2D eigenvalue weighted by Gasteiger charge is 2.18. The van der Waals surface area contributed by atoms with Gasteiger partial charge in [0, 0.05) is 25.6 Å². The van der Waals surface area contributed by atoms with Crippen molar-refractivity contribution in [2.24, 2.45) is 0 Å². The predicted molar refractivity (Wildman–Crippen MR) is 133 cm³/mol. The van der Waals surface area contributed by atoms with Crippen molar-refractivity contribution in [3.05, 3.63) is 54.1 Å². The van der Waals surface area contributed by atoms with E-state index in [0.717, 1.165) is 31.2 Å². The normalized spacial score (nSPS) is 11.5. The largest absolute Gasteiger partial charge is 0.497 e. The number of carboxylic acids is 1. The van der Waals surface area contributed by atoms with E-state index in [9.17, 15) is 14.7 Å². The summed E-state index contributed by atoms with van der Waals surface area (Å²) in [5.41, 5.74) is 0.845. The van der Waals surface area contributed by atoms with Crippen LogP contribution in [0.25, 0.3) is 0 Å². The molecule has 2 aromatic carbocycles. The third-order valence-electron chi connectivity index (χ3n) is 5.40. The summed E-state index contributed by atoms with van der Waals surface area (Å²) in [5, 5.41) is 9.25. The third kappa shape index (κ3) is 10.3. The lowest BCUT2D eigenvalue weighted by Crippen LogP contribution is -2.37. The Morgan fingerprint density at radius 1 is 0.943 bits per heavy atom. The summed E-state index contributed by atoms with van der Waals surface area (Å²) < 4.78 is 21.9. The molecule has 1 amide bonds. The zero-order valence-corrected chi connectivity index (χ0v) is 20.9. The number of carboxylic acid groups (broad SMARTS) is 1. The van der Waals surface area contributed by atoms with Crippen LogP contribution in [0.5, 0.6) is 17.2 Å². The Bertz CT molecular complexity index is 901. The summed E-state index contributed by atoms with van der Waals surface area (Å²) in [6, 6.07) is 14.2. The number of hydrogen-bond donors (Lipinski definition) is 1. The molecule has 1 unspecified atom stereocenters. The van der Waals surface area contributed by atoms with Gasteiger partial charge in [0.25, 0.3) is 0 Å². The number of benzene rings is 2. The fourth-order valence-corrected chi connectivity index (χ4v) is 3.48. The van der Waals surface area contributed by atoms with Gasteiger partial charge in [0.05, 0.1) is 13.7 Å². The van der Waals surface area contributed by atoms with Gasteiger partial charge in [-0.25, -0.2) is 9.59 Å². The van der Waals surface area contributed by atoms with Crippen molar-refractivity contribution in [3.8, 4) is 17.2 Å². The first kappa shape index (κ1) is 28.0. The first-order chi connectivity index (χ1) is 17.0. The van der Waals surface area contributed by atoms with Gasteiger partial charge in [-0.3, -0.25) is 0 Å². The van der Waals surface area contributed by atoms with Gasteiger partial charge in [-0.15, -0.1) is 0 Å². The van der Waals surface area contributed by atoms with Crippen molar-refractivity contribution in [1.29, 1.82) is 0 Å². The van der Waals surface area contributed by atoms with Gasteiger partial charge in [0.1, 0.15) is 23.9 Å². The average molecular weight is 488 g/mol. The molecule has 0 spiro atoms. The smallest absolute Gasteiger partial charge is 0.415 e. The lowest BCUT2D eigenvalue weighted by Gasteiger charge is -2.22. The van der Waals surface area contributed by atoms with E-state index in [2.05, 4.69) is 6.92 Å². The second kappa shape index (κ2) is 15.6. The van der Waals surface area contributed by atoms with Crippen molar-refractivity contribution < 1.29 is 33.6 Å². The van der Waals surface area contributed by atoms with E-state index >= 15 is 0 Å². The summed E-state index contributed by atoms with van der Waals surface area (Å²) in [6.45, 7) is 5.52. The Labute approximate surface area is 207 Å². The van der Waals surface area contributed by atoms with E-state index < -0.39 is 18.2 Å². The molecule has 0 aliphatic heterocycles. The van der Waals surface area contributed by atoms with Gasteiger partial charge >= 0.3 is 12.1 Å². The zero-order chi connectivity index (χ0) is 25.5. The summed E-state index contributed by atoms with van der Waals surface area (Å²) in [7, 11) is 1.56. The first-order valence-corrected chi connectivity index (χ1v) is 12.1.